The van der Waals surface area contributed by atoms with Crippen LogP contribution < -0.4 is 0 Å². The molecule has 1 saturated heterocycles. The monoisotopic (exact) mass is 233 g/mol. The maximum absolute atomic E-state index is 3.71. The normalized spacial score (nSPS) is 34.0. The molecule has 0 saturated carbocycles. The van der Waals surface area contributed by atoms with Gasteiger partial charge in [-0.05, 0) is 11.8 Å². The molecular weight excluding hydrogens is 214 g/mol. The first-order chi connectivity index (χ1) is 5.63. The summed E-state index contributed by atoms with van der Waals surface area (Å²) in [5.74, 6) is 1.68. The molecule has 1 aliphatic rings. The number of nitrogens with zero attached hydrogens (tertiary/aromatic N) is 1. The highest BCUT2D eigenvalue weighted by Crippen LogP contribution is 2.23. The average Bonchev–Trinajstić information content (AvgIpc) is 2.31. The number of likely N-dealkylation sites (tertiary alicyclic amines) is 1. The lowest BCUT2D eigenvalue weighted by Gasteiger charge is -2.19. The predicted molar refractivity (Wildman–Crippen MR) is 57.8 cm³/mol. The van der Waals surface area contributed by atoms with Gasteiger partial charge in [0.05, 0.1) is 0 Å². The highest BCUT2D eigenvalue weighted by molar-refractivity contribution is 9.09. The van der Waals surface area contributed by atoms with E-state index in [0.29, 0.717) is 0 Å². The van der Waals surface area contributed by atoms with Crippen LogP contribution in [0.5, 0.6) is 0 Å². The fraction of sp³-hybridized carbons (Fsp3) is 1.00. The Balaban J connectivity index is 2.27. The molecule has 1 rings (SSSR count). The van der Waals surface area contributed by atoms with E-state index < -0.39 is 0 Å². The predicted octanol–water partition coefficient (Wildman–Crippen LogP) is 2.75. The van der Waals surface area contributed by atoms with Gasteiger partial charge in [-0.25, -0.2) is 0 Å². The van der Waals surface area contributed by atoms with E-state index in [9.17, 15) is 0 Å². The van der Waals surface area contributed by atoms with Gasteiger partial charge in [0, 0.05) is 24.5 Å². The molecule has 12 heavy (non-hydrogen) atoms. The van der Waals surface area contributed by atoms with E-state index in [4.69, 9.17) is 0 Å². The summed E-state index contributed by atoms with van der Waals surface area (Å²) in [5.41, 5.74) is 0. The Hall–Kier alpha value is 0.440. The molecule has 0 aromatic heterocycles. The van der Waals surface area contributed by atoms with Crippen molar-refractivity contribution < 1.29 is 0 Å². The van der Waals surface area contributed by atoms with Gasteiger partial charge in [-0.2, -0.15) is 0 Å². The van der Waals surface area contributed by atoms with Crippen molar-refractivity contribution in [1.29, 1.82) is 0 Å². The third-order valence-corrected chi connectivity index (χ3v) is 4.06. The Labute approximate surface area is 84.6 Å². The van der Waals surface area contributed by atoms with Crippen LogP contribution in [0.25, 0.3) is 0 Å². The van der Waals surface area contributed by atoms with Gasteiger partial charge >= 0.3 is 0 Å². The third kappa shape index (κ3) is 2.74. The summed E-state index contributed by atoms with van der Waals surface area (Å²) in [6, 6.07) is 0. The molecule has 0 N–H and O–H groups in total. The molecule has 3 atom stereocenters. The van der Waals surface area contributed by atoms with Crippen LogP contribution in [0.15, 0.2) is 0 Å². The molecule has 1 fully saturated rings. The van der Waals surface area contributed by atoms with Crippen molar-refractivity contribution in [2.75, 3.05) is 19.6 Å². The summed E-state index contributed by atoms with van der Waals surface area (Å²) >= 11 is 3.71. The van der Waals surface area contributed by atoms with Crippen molar-refractivity contribution in [3.05, 3.63) is 0 Å². The molecular formula is C10H20BrN. The van der Waals surface area contributed by atoms with E-state index in [1.54, 1.807) is 0 Å². The van der Waals surface area contributed by atoms with E-state index >= 15 is 0 Å². The van der Waals surface area contributed by atoms with Crippen LogP contribution in [0.4, 0.5) is 0 Å². The molecule has 3 unspecified atom stereocenters. The Morgan fingerprint density at radius 2 is 2.17 bits per heavy atom. The van der Waals surface area contributed by atoms with E-state index in [1.165, 1.54) is 26.1 Å². The third-order valence-electron chi connectivity index (χ3n) is 2.86. The topological polar surface area (TPSA) is 3.24 Å². The minimum Gasteiger partial charge on any atom is -0.302 e. The molecule has 1 aliphatic heterocycles. The van der Waals surface area contributed by atoms with Crippen molar-refractivity contribution >= 4 is 15.9 Å². The summed E-state index contributed by atoms with van der Waals surface area (Å²) in [6.45, 7) is 10.7. The van der Waals surface area contributed by atoms with Gasteiger partial charge in [-0.1, -0.05) is 43.1 Å². The second-order valence-electron chi connectivity index (χ2n) is 4.23. The van der Waals surface area contributed by atoms with Gasteiger partial charge in [0.1, 0.15) is 0 Å². The molecule has 0 spiro atoms. The second-order valence-corrected chi connectivity index (χ2v) is 5.40. The van der Waals surface area contributed by atoms with Crippen LogP contribution >= 0.6 is 15.9 Å². The fourth-order valence-corrected chi connectivity index (χ4v) is 2.32. The second kappa shape index (κ2) is 4.61. The van der Waals surface area contributed by atoms with Gasteiger partial charge in [0.2, 0.25) is 0 Å². The van der Waals surface area contributed by atoms with Gasteiger partial charge in [0.25, 0.3) is 0 Å². The highest BCUT2D eigenvalue weighted by atomic mass is 79.9. The molecule has 0 amide bonds. The maximum Gasteiger partial charge on any atom is 0.0310 e. The number of alkyl halides is 1. The zero-order chi connectivity index (χ0) is 9.14. The first-order valence-electron chi connectivity index (χ1n) is 5.00. The van der Waals surface area contributed by atoms with Crippen LogP contribution in [0.1, 0.15) is 27.2 Å². The minimum absolute atomic E-state index is 0.724. The molecule has 2 heteroatoms. The fourth-order valence-electron chi connectivity index (χ4n) is 1.74. The Morgan fingerprint density at radius 3 is 2.58 bits per heavy atom. The first kappa shape index (κ1) is 10.5. The van der Waals surface area contributed by atoms with Crippen molar-refractivity contribution in [2.24, 2.45) is 11.8 Å². The average molecular weight is 234 g/mol. The summed E-state index contributed by atoms with van der Waals surface area (Å²) in [6.07, 6.45) is 1.30. The summed E-state index contributed by atoms with van der Waals surface area (Å²) in [4.78, 5) is 3.31. The van der Waals surface area contributed by atoms with Crippen molar-refractivity contribution in [2.45, 2.75) is 32.0 Å². The molecule has 1 nitrogen and oxygen atoms in total. The van der Waals surface area contributed by atoms with E-state index in [-0.39, 0.29) is 0 Å². The van der Waals surface area contributed by atoms with Crippen LogP contribution in [-0.2, 0) is 0 Å². The van der Waals surface area contributed by atoms with Crippen molar-refractivity contribution in [1.82, 2.24) is 4.90 Å². The number of hydrogen-bond acceptors (Lipinski definition) is 1. The van der Waals surface area contributed by atoms with Crippen LogP contribution in [0.3, 0.4) is 0 Å². The van der Waals surface area contributed by atoms with Crippen LogP contribution in [0, 0.1) is 11.8 Å². The minimum atomic E-state index is 0.724. The van der Waals surface area contributed by atoms with E-state index in [0.717, 1.165) is 16.7 Å². The lowest BCUT2D eigenvalue weighted by Crippen LogP contribution is -2.26. The lowest BCUT2D eigenvalue weighted by atomic mass is 10.1. The van der Waals surface area contributed by atoms with Crippen LogP contribution in [-0.4, -0.2) is 29.4 Å². The zero-order valence-corrected chi connectivity index (χ0v) is 9.97. The Morgan fingerprint density at radius 1 is 1.50 bits per heavy atom. The summed E-state index contributed by atoms with van der Waals surface area (Å²) < 4.78 is 0. The smallest absolute Gasteiger partial charge is 0.0310 e. The summed E-state index contributed by atoms with van der Waals surface area (Å²) in [7, 11) is 0. The molecule has 0 bridgehead atoms. The Bertz CT molecular complexity index is 128. The number of halogens is 1. The molecule has 0 aromatic rings. The first-order valence-corrected chi connectivity index (χ1v) is 5.91. The molecule has 1 heterocycles. The van der Waals surface area contributed by atoms with E-state index in [1.807, 2.05) is 0 Å². The zero-order valence-electron chi connectivity index (χ0n) is 8.39. The van der Waals surface area contributed by atoms with Gasteiger partial charge in [-0.3, -0.25) is 0 Å². The van der Waals surface area contributed by atoms with Gasteiger partial charge in [0.15, 0.2) is 0 Å². The molecule has 0 radical (unpaired) electrons. The number of rotatable bonds is 3. The molecule has 0 aromatic carbocycles. The quantitative estimate of drug-likeness (QED) is 0.679. The Kier molecular flexibility index (Phi) is 4.04. The largest absolute Gasteiger partial charge is 0.302 e. The maximum atomic E-state index is 3.71. The lowest BCUT2D eigenvalue weighted by molar-refractivity contribution is 0.277. The van der Waals surface area contributed by atoms with E-state index in [2.05, 4.69) is 41.6 Å². The molecule has 72 valence electrons. The standard InChI is InChI=1S/C10H20BrN/c1-4-8(2)5-12-6-9(3)10(11)7-12/h8-10H,4-7H2,1-3H3. The SMILES string of the molecule is CCC(C)CN1CC(C)C(Br)C1. The van der Waals surface area contributed by atoms with Gasteiger partial charge < -0.3 is 4.90 Å². The molecule has 0 aliphatic carbocycles. The number of hydrogen-bond donors (Lipinski definition) is 0. The van der Waals surface area contributed by atoms with Crippen molar-refractivity contribution in [3.8, 4) is 0 Å². The summed E-state index contributed by atoms with van der Waals surface area (Å²) in [5, 5.41) is 0. The highest BCUT2D eigenvalue weighted by Gasteiger charge is 2.27. The van der Waals surface area contributed by atoms with Crippen LogP contribution in [0.2, 0.25) is 0 Å². The van der Waals surface area contributed by atoms with Crippen molar-refractivity contribution in [3.63, 3.8) is 0 Å². The van der Waals surface area contributed by atoms with Gasteiger partial charge in [-0.15, -0.1) is 0 Å².